The summed E-state index contributed by atoms with van der Waals surface area (Å²) in [5, 5.41) is 3.13. The first-order valence-corrected chi connectivity index (χ1v) is 9.09. The van der Waals surface area contributed by atoms with Crippen molar-refractivity contribution in [3.05, 3.63) is 53.6 Å². The third kappa shape index (κ3) is 3.17. The molecular formula is C21H23N3O2. The van der Waals surface area contributed by atoms with E-state index < -0.39 is 0 Å². The van der Waals surface area contributed by atoms with Gasteiger partial charge >= 0.3 is 0 Å². The van der Waals surface area contributed by atoms with Gasteiger partial charge in [-0.2, -0.15) is 4.98 Å². The van der Waals surface area contributed by atoms with Gasteiger partial charge in [0.2, 0.25) is 5.91 Å². The number of rotatable bonds is 3. The first-order valence-electron chi connectivity index (χ1n) is 9.09. The highest BCUT2D eigenvalue weighted by Gasteiger charge is 2.27. The van der Waals surface area contributed by atoms with Crippen LogP contribution in [0.25, 0.3) is 11.1 Å². The normalized spacial score (nSPS) is 15.4. The van der Waals surface area contributed by atoms with Gasteiger partial charge in [-0.1, -0.05) is 30.3 Å². The third-order valence-electron chi connectivity index (χ3n) is 5.15. The van der Waals surface area contributed by atoms with Gasteiger partial charge < -0.3 is 14.6 Å². The molecule has 1 aliphatic rings. The molecule has 134 valence electrons. The summed E-state index contributed by atoms with van der Waals surface area (Å²) in [7, 11) is 0. The van der Waals surface area contributed by atoms with Gasteiger partial charge in [-0.3, -0.25) is 4.79 Å². The largest absolute Gasteiger partial charge is 0.423 e. The Morgan fingerprint density at radius 1 is 1.08 bits per heavy atom. The van der Waals surface area contributed by atoms with Crippen molar-refractivity contribution in [2.45, 2.75) is 26.7 Å². The minimum Gasteiger partial charge on any atom is -0.423 e. The number of para-hydroxylation sites is 3. The molecule has 0 saturated carbocycles. The quantitative estimate of drug-likeness (QED) is 0.766. The molecule has 1 aromatic heterocycles. The highest BCUT2D eigenvalue weighted by molar-refractivity contribution is 5.94. The van der Waals surface area contributed by atoms with E-state index >= 15 is 0 Å². The first kappa shape index (κ1) is 16.6. The summed E-state index contributed by atoms with van der Waals surface area (Å²) in [5.74, 6) is 0.134. The summed E-state index contributed by atoms with van der Waals surface area (Å²) in [6.07, 6.45) is 1.60. The van der Waals surface area contributed by atoms with Crippen LogP contribution in [0.15, 0.2) is 46.9 Å². The molecule has 4 rings (SSSR count). The van der Waals surface area contributed by atoms with Crippen molar-refractivity contribution in [2.24, 2.45) is 5.92 Å². The zero-order valence-corrected chi connectivity index (χ0v) is 15.2. The summed E-state index contributed by atoms with van der Waals surface area (Å²) >= 11 is 0. The van der Waals surface area contributed by atoms with Gasteiger partial charge in [0, 0.05) is 24.7 Å². The average molecular weight is 349 g/mol. The van der Waals surface area contributed by atoms with E-state index in [9.17, 15) is 4.79 Å². The van der Waals surface area contributed by atoms with Crippen LogP contribution in [-0.4, -0.2) is 24.0 Å². The molecule has 5 heteroatoms. The number of carbonyl (C=O) groups excluding carboxylic acids is 1. The fraction of sp³-hybridized carbons (Fsp3) is 0.333. The van der Waals surface area contributed by atoms with Gasteiger partial charge in [0.25, 0.3) is 6.01 Å². The average Bonchev–Trinajstić information content (AvgIpc) is 3.09. The Hall–Kier alpha value is -2.82. The molecule has 1 saturated heterocycles. The predicted octanol–water partition coefficient (Wildman–Crippen LogP) is 4.30. The Morgan fingerprint density at radius 3 is 2.46 bits per heavy atom. The first-order chi connectivity index (χ1) is 12.6. The van der Waals surface area contributed by atoms with Crippen LogP contribution >= 0.6 is 0 Å². The van der Waals surface area contributed by atoms with Crippen LogP contribution < -0.4 is 10.2 Å². The van der Waals surface area contributed by atoms with Crippen molar-refractivity contribution in [1.29, 1.82) is 0 Å². The molecule has 0 radical (unpaired) electrons. The number of piperidine rings is 1. The summed E-state index contributed by atoms with van der Waals surface area (Å²) in [6, 6.07) is 14.5. The maximum absolute atomic E-state index is 12.7. The lowest BCUT2D eigenvalue weighted by molar-refractivity contribution is -0.120. The fourth-order valence-electron chi connectivity index (χ4n) is 3.57. The number of hydrogen-bond acceptors (Lipinski definition) is 4. The lowest BCUT2D eigenvalue weighted by Gasteiger charge is -2.30. The highest BCUT2D eigenvalue weighted by Crippen LogP contribution is 2.28. The number of fused-ring (bicyclic) bond motifs is 1. The minimum atomic E-state index is 0.0228. The van der Waals surface area contributed by atoms with Crippen molar-refractivity contribution < 1.29 is 9.21 Å². The fourth-order valence-corrected chi connectivity index (χ4v) is 3.57. The Kier molecular flexibility index (Phi) is 4.37. The Labute approximate surface area is 153 Å². The number of anilines is 2. The summed E-state index contributed by atoms with van der Waals surface area (Å²) in [5.41, 5.74) is 4.82. The van der Waals surface area contributed by atoms with E-state index in [1.54, 1.807) is 0 Å². The zero-order valence-electron chi connectivity index (χ0n) is 15.2. The van der Waals surface area contributed by atoms with Gasteiger partial charge in [-0.15, -0.1) is 0 Å². The highest BCUT2D eigenvalue weighted by atomic mass is 16.4. The number of hydrogen-bond donors (Lipinski definition) is 1. The molecule has 0 atom stereocenters. The van der Waals surface area contributed by atoms with E-state index in [-0.39, 0.29) is 11.8 Å². The molecular weight excluding hydrogens is 326 g/mol. The topological polar surface area (TPSA) is 58.4 Å². The molecule has 2 heterocycles. The van der Waals surface area contributed by atoms with Crippen LogP contribution in [0, 0.1) is 19.8 Å². The van der Waals surface area contributed by atoms with Crippen molar-refractivity contribution in [3.8, 4) is 0 Å². The second-order valence-electron chi connectivity index (χ2n) is 6.98. The van der Waals surface area contributed by atoms with Gasteiger partial charge in [0.1, 0.15) is 5.52 Å². The standard InChI is InChI=1S/C21H23N3O2/c1-14-6-5-7-15(2)19(14)23-20(25)16-10-12-24(13-11-16)21-22-17-8-3-4-9-18(17)26-21/h3-9,16H,10-13H2,1-2H3,(H,23,25). The van der Waals surface area contributed by atoms with Crippen LogP contribution in [0.2, 0.25) is 0 Å². The van der Waals surface area contributed by atoms with Crippen LogP contribution in [-0.2, 0) is 4.79 Å². The number of nitrogens with one attached hydrogen (secondary N) is 1. The maximum Gasteiger partial charge on any atom is 0.298 e. The Bertz CT molecular complexity index is 886. The van der Waals surface area contributed by atoms with Crippen LogP contribution in [0.1, 0.15) is 24.0 Å². The number of oxazole rings is 1. The van der Waals surface area contributed by atoms with Crippen LogP contribution in [0.5, 0.6) is 0 Å². The molecule has 1 N–H and O–H groups in total. The van der Waals surface area contributed by atoms with E-state index in [2.05, 4.69) is 15.2 Å². The van der Waals surface area contributed by atoms with E-state index in [1.807, 2.05) is 56.3 Å². The SMILES string of the molecule is Cc1cccc(C)c1NC(=O)C1CCN(c2nc3ccccc3o2)CC1. The smallest absolute Gasteiger partial charge is 0.298 e. The van der Waals surface area contributed by atoms with Gasteiger partial charge in [0.15, 0.2) is 5.58 Å². The summed E-state index contributed by atoms with van der Waals surface area (Å²) in [4.78, 5) is 19.4. The summed E-state index contributed by atoms with van der Waals surface area (Å²) < 4.78 is 5.84. The van der Waals surface area contributed by atoms with Gasteiger partial charge in [0.05, 0.1) is 0 Å². The van der Waals surface area contributed by atoms with E-state index in [4.69, 9.17) is 4.42 Å². The lowest BCUT2D eigenvalue weighted by atomic mass is 9.95. The monoisotopic (exact) mass is 349 g/mol. The number of aromatic nitrogens is 1. The van der Waals surface area contributed by atoms with Crippen molar-refractivity contribution in [2.75, 3.05) is 23.3 Å². The molecule has 2 aromatic carbocycles. The molecule has 1 fully saturated rings. The van der Waals surface area contributed by atoms with Gasteiger partial charge in [-0.05, 0) is 49.9 Å². The molecule has 0 unspecified atom stereocenters. The second kappa shape index (κ2) is 6.83. The molecule has 0 aliphatic carbocycles. The lowest BCUT2D eigenvalue weighted by Crippen LogP contribution is -2.38. The maximum atomic E-state index is 12.7. The zero-order chi connectivity index (χ0) is 18.1. The number of nitrogens with zero attached hydrogens (tertiary/aromatic N) is 2. The van der Waals surface area contributed by atoms with Crippen LogP contribution in [0.3, 0.4) is 0 Å². The number of carbonyl (C=O) groups is 1. The molecule has 1 aliphatic heterocycles. The second-order valence-corrected chi connectivity index (χ2v) is 6.98. The molecule has 26 heavy (non-hydrogen) atoms. The van der Waals surface area contributed by atoms with Crippen LogP contribution in [0.4, 0.5) is 11.7 Å². The predicted molar refractivity (Wildman–Crippen MR) is 103 cm³/mol. The third-order valence-corrected chi connectivity index (χ3v) is 5.15. The molecule has 3 aromatic rings. The molecule has 0 bridgehead atoms. The summed E-state index contributed by atoms with van der Waals surface area (Å²) in [6.45, 7) is 5.60. The van der Waals surface area contributed by atoms with E-state index in [0.29, 0.717) is 6.01 Å². The Morgan fingerprint density at radius 2 is 1.77 bits per heavy atom. The molecule has 0 spiro atoms. The molecule has 1 amide bonds. The van der Waals surface area contributed by atoms with Crippen molar-refractivity contribution >= 4 is 28.7 Å². The molecule has 5 nitrogen and oxygen atoms in total. The van der Waals surface area contributed by atoms with Crippen molar-refractivity contribution in [3.63, 3.8) is 0 Å². The minimum absolute atomic E-state index is 0.0228. The number of benzene rings is 2. The number of amides is 1. The van der Waals surface area contributed by atoms with E-state index in [1.165, 1.54) is 0 Å². The van der Waals surface area contributed by atoms with E-state index in [0.717, 1.165) is 53.8 Å². The number of aryl methyl sites for hydroxylation is 2. The van der Waals surface area contributed by atoms with Gasteiger partial charge in [-0.25, -0.2) is 0 Å². The Balaban J connectivity index is 1.40. The van der Waals surface area contributed by atoms with Crippen molar-refractivity contribution in [1.82, 2.24) is 4.98 Å².